The molecule has 0 N–H and O–H groups in total. The first-order valence-corrected chi connectivity index (χ1v) is 13.2. The van der Waals surface area contributed by atoms with Gasteiger partial charge < -0.3 is 4.90 Å². The normalized spacial score (nSPS) is 26.4. The third-order valence-electron chi connectivity index (χ3n) is 7.23. The Morgan fingerprint density at radius 2 is 1.66 bits per heavy atom. The number of likely N-dealkylation sites (tertiary alicyclic amines) is 1. The quantitative estimate of drug-likeness (QED) is 0.670. The highest BCUT2D eigenvalue weighted by Crippen LogP contribution is 2.40. The van der Waals surface area contributed by atoms with Gasteiger partial charge in [0.25, 0.3) is 0 Å². The summed E-state index contributed by atoms with van der Waals surface area (Å²) in [6.07, 6.45) is 11.1. The number of sulfonamides is 1. The van der Waals surface area contributed by atoms with E-state index in [0.29, 0.717) is 12.5 Å². The summed E-state index contributed by atoms with van der Waals surface area (Å²) in [6, 6.07) is 9.56. The Morgan fingerprint density at radius 3 is 2.41 bits per heavy atom. The van der Waals surface area contributed by atoms with E-state index in [9.17, 15) is 8.42 Å². The van der Waals surface area contributed by atoms with E-state index in [2.05, 4.69) is 21.9 Å². The van der Waals surface area contributed by atoms with Crippen LogP contribution >= 0.6 is 0 Å². The summed E-state index contributed by atoms with van der Waals surface area (Å²) >= 11 is 0. The van der Waals surface area contributed by atoms with Gasteiger partial charge in [-0.15, -0.1) is 0 Å². The van der Waals surface area contributed by atoms with Crippen LogP contribution in [0.1, 0.15) is 69.4 Å². The minimum Gasteiger partial charge on any atom is -0.303 e. The zero-order valence-corrected chi connectivity index (χ0v) is 18.7. The van der Waals surface area contributed by atoms with Crippen LogP contribution in [0.25, 0.3) is 0 Å². The molecule has 3 saturated heterocycles. The second-order valence-electron chi connectivity index (χ2n) is 9.11. The van der Waals surface area contributed by atoms with Crippen molar-refractivity contribution >= 4 is 15.7 Å². The molecule has 162 valence electrons. The standard InChI is InChI=1S/C23H37N3O2S/c1-24(29(27,28)19-7-17-25-15-4-2-5-16-25)21-11-9-20(10-12-21)23-14-13-22-8-3-6-18-26(22)23/h9-12,22-23H,2-8,13-19H2,1H3. The second kappa shape index (κ2) is 9.36. The first kappa shape index (κ1) is 21.1. The summed E-state index contributed by atoms with van der Waals surface area (Å²) < 4.78 is 27.1. The molecule has 29 heavy (non-hydrogen) atoms. The molecule has 2 atom stereocenters. The number of benzene rings is 1. The van der Waals surface area contributed by atoms with E-state index >= 15 is 0 Å². The summed E-state index contributed by atoms with van der Waals surface area (Å²) in [5, 5.41) is 0. The predicted octanol–water partition coefficient (Wildman–Crippen LogP) is 4.02. The van der Waals surface area contributed by atoms with Crippen LogP contribution in [0.2, 0.25) is 0 Å². The topological polar surface area (TPSA) is 43.9 Å². The fourth-order valence-electron chi connectivity index (χ4n) is 5.47. The maximum atomic E-state index is 12.8. The highest BCUT2D eigenvalue weighted by atomic mass is 32.2. The van der Waals surface area contributed by atoms with Gasteiger partial charge in [-0.05, 0) is 88.8 Å². The molecule has 0 bridgehead atoms. The summed E-state index contributed by atoms with van der Waals surface area (Å²) in [5.74, 6) is 0.222. The summed E-state index contributed by atoms with van der Waals surface area (Å²) in [4.78, 5) is 5.09. The molecule has 1 aromatic carbocycles. The second-order valence-corrected chi connectivity index (χ2v) is 11.2. The van der Waals surface area contributed by atoms with E-state index in [4.69, 9.17) is 0 Å². The van der Waals surface area contributed by atoms with Crippen LogP contribution in [0, 0.1) is 0 Å². The lowest BCUT2D eigenvalue weighted by atomic mass is 10.0. The predicted molar refractivity (Wildman–Crippen MR) is 120 cm³/mol. The fraction of sp³-hybridized carbons (Fsp3) is 0.739. The van der Waals surface area contributed by atoms with Gasteiger partial charge in [0.2, 0.25) is 10.0 Å². The molecule has 4 rings (SSSR count). The Bertz CT molecular complexity index is 759. The average Bonchev–Trinajstić information content (AvgIpc) is 3.18. The number of piperidine rings is 2. The molecule has 0 aromatic heterocycles. The van der Waals surface area contributed by atoms with Crippen LogP contribution in [0.5, 0.6) is 0 Å². The summed E-state index contributed by atoms with van der Waals surface area (Å²) in [5.41, 5.74) is 2.12. The first-order valence-electron chi connectivity index (χ1n) is 11.6. The van der Waals surface area contributed by atoms with Crippen molar-refractivity contribution in [3.63, 3.8) is 0 Å². The molecular weight excluding hydrogens is 382 g/mol. The zero-order valence-electron chi connectivity index (χ0n) is 17.9. The number of hydrogen-bond donors (Lipinski definition) is 0. The minimum atomic E-state index is -3.27. The van der Waals surface area contributed by atoms with Crippen LogP contribution in [-0.4, -0.2) is 63.2 Å². The third-order valence-corrected chi connectivity index (χ3v) is 9.08. The Labute approximate surface area is 177 Å². The van der Waals surface area contributed by atoms with Crippen molar-refractivity contribution in [2.75, 3.05) is 43.3 Å². The largest absolute Gasteiger partial charge is 0.303 e. The van der Waals surface area contributed by atoms with Crippen molar-refractivity contribution in [3.8, 4) is 0 Å². The summed E-state index contributed by atoms with van der Waals surface area (Å²) in [7, 11) is -1.57. The van der Waals surface area contributed by atoms with Crippen molar-refractivity contribution in [3.05, 3.63) is 29.8 Å². The smallest absolute Gasteiger partial charge is 0.234 e. The molecule has 0 spiro atoms. The summed E-state index contributed by atoms with van der Waals surface area (Å²) in [6.45, 7) is 4.35. The van der Waals surface area contributed by atoms with E-state index in [1.54, 1.807) is 7.05 Å². The number of nitrogens with zero attached hydrogens (tertiary/aromatic N) is 3. The van der Waals surface area contributed by atoms with E-state index in [-0.39, 0.29) is 5.75 Å². The lowest BCUT2D eigenvalue weighted by Gasteiger charge is -2.34. The van der Waals surface area contributed by atoms with Gasteiger partial charge in [0.1, 0.15) is 0 Å². The van der Waals surface area contributed by atoms with Crippen LogP contribution in [0.4, 0.5) is 5.69 Å². The van der Waals surface area contributed by atoms with Crippen molar-refractivity contribution in [1.29, 1.82) is 0 Å². The van der Waals surface area contributed by atoms with E-state index in [1.165, 1.54) is 67.8 Å². The van der Waals surface area contributed by atoms with Gasteiger partial charge in [-0.2, -0.15) is 0 Å². The van der Waals surface area contributed by atoms with Crippen LogP contribution < -0.4 is 4.31 Å². The molecule has 0 aliphatic carbocycles. The van der Waals surface area contributed by atoms with Gasteiger partial charge in [-0.3, -0.25) is 9.21 Å². The molecule has 5 nitrogen and oxygen atoms in total. The van der Waals surface area contributed by atoms with E-state index < -0.39 is 10.0 Å². The Morgan fingerprint density at radius 1 is 0.931 bits per heavy atom. The Kier molecular flexibility index (Phi) is 6.82. The Hall–Kier alpha value is -1.11. The van der Waals surface area contributed by atoms with Gasteiger partial charge in [0, 0.05) is 19.1 Å². The van der Waals surface area contributed by atoms with Crippen LogP contribution in [0.15, 0.2) is 24.3 Å². The molecule has 6 heteroatoms. The molecule has 0 saturated carbocycles. The van der Waals surface area contributed by atoms with Gasteiger partial charge in [-0.1, -0.05) is 25.0 Å². The first-order chi connectivity index (χ1) is 14.0. The number of fused-ring (bicyclic) bond motifs is 1. The van der Waals surface area contributed by atoms with Crippen molar-refractivity contribution in [1.82, 2.24) is 9.80 Å². The molecular formula is C23H37N3O2S. The lowest BCUT2D eigenvalue weighted by molar-refractivity contribution is 0.150. The van der Waals surface area contributed by atoms with Gasteiger partial charge in [0.15, 0.2) is 0 Å². The van der Waals surface area contributed by atoms with Crippen molar-refractivity contribution < 1.29 is 8.42 Å². The molecule has 3 heterocycles. The monoisotopic (exact) mass is 419 g/mol. The number of rotatable bonds is 7. The van der Waals surface area contributed by atoms with Gasteiger partial charge in [0.05, 0.1) is 11.4 Å². The molecule has 2 unspecified atom stereocenters. The zero-order chi connectivity index (χ0) is 20.3. The maximum Gasteiger partial charge on any atom is 0.234 e. The number of anilines is 1. The Balaban J connectivity index is 1.33. The molecule has 1 aromatic rings. The van der Waals surface area contributed by atoms with Gasteiger partial charge in [-0.25, -0.2) is 8.42 Å². The highest BCUT2D eigenvalue weighted by molar-refractivity contribution is 7.92. The molecule has 0 amide bonds. The fourth-order valence-corrected chi connectivity index (χ4v) is 6.69. The molecule has 3 aliphatic rings. The molecule has 0 radical (unpaired) electrons. The lowest BCUT2D eigenvalue weighted by Crippen LogP contribution is -2.35. The number of hydrogen-bond acceptors (Lipinski definition) is 4. The highest BCUT2D eigenvalue weighted by Gasteiger charge is 2.35. The van der Waals surface area contributed by atoms with E-state index in [0.717, 1.165) is 31.4 Å². The third kappa shape index (κ3) is 4.97. The maximum absolute atomic E-state index is 12.8. The SMILES string of the molecule is CN(c1ccc(C2CCC3CCCCN32)cc1)S(=O)(=O)CCCN1CCCCC1. The van der Waals surface area contributed by atoms with E-state index in [1.807, 2.05) is 12.1 Å². The molecule has 3 aliphatic heterocycles. The van der Waals surface area contributed by atoms with Crippen LogP contribution in [0.3, 0.4) is 0 Å². The molecule has 3 fully saturated rings. The average molecular weight is 420 g/mol. The minimum absolute atomic E-state index is 0.222. The van der Waals surface area contributed by atoms with Crippen LogP contribution in [-0.2, 0) is 10.0 Å². The van der Waals surface area contributed by atoms with Crippen molar-refractivity contribution in [2.24, 2.45) is 0 Å². The van der Waals surface area contributed by atoms with Crippen molar-refractivity contribution in [2.45, 2.75) is 69.9 Å². The van der Waals surface area contributed by atoms with Gasteiger partial charge >= 0.3 is 0 Å².